The molecule has 2 N–H and O–H groups in total. The zero-order valence-electron chi connectivity index (χ0n) is 23.9. The number of halogens is 3. The lowest BCUT2D eigenvalue weighted by atomic mass is 9.69. The number of ether oxygens (including phenoxy) is 1. The average molecular weight is 608 g/mol. The van der Waals surface area contributed by atoms with Gasteiger partial charge in [0.2, 0.25) is 5.88 Å². The van der Waals surface area contributed by atoms with E-state index in [0.717, 1.165) is 54.3 Å². The maximum atomic E-state index is 13.6. The standard InChI is InChI=1S/C30H32F3N9O2/c31-30(32,33)25-9-19(14-40-16-22(43)17-40)10-26(39-25)44-23-2-7-41(8-3-23)21-11-29(12-21,4-5-34)42-15-20(13-38-42)27-24-1-6-35-28(24)37-18-36-27/h1,6,9-10,13,15,18,21-23,43H,2-4,7-8,11-12,14,16-17H2,(H,35,36,37). The second-order valence-electron chi connectivity index (χ2n) is 12.2. The zero-order chi connectivity index (χ0) is 30.5. The Morgan fingerprint density at radius 3 is 2.68 bits per heavy atom. The van der Waals surface area contributed by atoms with Crippen LogP contribution >= 0.6 is 0 Å². The van der Waals surface area contributed by atoms with Crippen molar-refractivity contribution in [3.63, 3.8) is 0 Å². The van der Waals surface area contributed by atoms with Crippen LogP contribution in [0.2, 0.25) is 0 Å². The summed E-state index contributed by atoms with van der Waals surface area (Å²) in [6, 6.07) is 7.19. The third kappa shape index (κ3) is 5.51. The number of hydrogen-bond donors (Lipinski definition) is 2. The molecule has 0 bridgehead atoms. The lowest BCUT2D eigenvalue weighted by Gasteiger charge is -2.52. The molecule has 44 heavy (non-hydrogen) atoms. The number of hydrogen-bond acceptors (Lipinski definition) is 9. The maximum absolute atomic E-state index is 13.6. The fraction of sp³-hybridized carbons (Fsp3) is 0.500. The number of pyridine rings is 1. The third-order valence-corrected chi connectivity index (χ3v) is 9.11. The van der Waals surface area contributed by atoms with Gasteiger partial charge >= 0.3 is 6.18 Å². The maximum Gasteiger partial charge on any atom is 0.433 e. The molecule has 3 fully saturated rings. The molecule has 0 unspecified atom stereocenters. The number of nitrogens with one attached hydrogen (secondary N) is 1. The molecule has 4 aromatic heterocycles. The quantitative estimate of drug-likeness (QED) is 0.308. The van der Waals surface area contributed by atoms with E-state index >= 15 is 0 Å². The van der Waals surface area contributed by atoms with E-state index in [1.54, 1.807) is 12.3 Å². The van der Waals surface area contributed by atoms with Gasteiger partial charge in [-0.15, -0.1) is 0 Å². The van der Waals surface area contributed by atoms with E-state index in [0.29, 0.717) is 44.5 Å². The van der Waals surface area contributed by atoms with Crippen molar-refractivity contribution in [2.45, 2.75) is 68.6 Å². The van der Waals surface area contributed by atoms with Crippen molar-refractivity contribution in [2.24, 2.45) is 0 Å². The topological polar surface area (TPSA) is 132 Å². The number of nitriles is 1. The van der Waals surface area contributed by atoms with Gasteiger partial charge in [-0.2, -0.15) is 23.5 Å². The van der Waals surface area contributed by atoms with E-state index in [9.17, 15) is 23.5 Å². The minimum atomic E-state index is -4.58. The van der Waals surface area contributed by atoms with Crippen LogP contribution in [-0.4, -0.2) is 89.1 Å². The van der Waals surface area contributed by atoms with E-state index < -0.39 is 23.5 Å². The van der Waals surface area contributed by atoms with Gasteiger partial charge in [0.1, 0.15) is 23.8 Å². The first kappa shape index (κ1) is 28.7. The number of aromatic nitrogens is 6. The Bertz CT molecular complexity index is 1680. The van der Waals surface area contributed by atoms with Crippen LogP contribution in [0.1, 0.15) is 43.4 Å². The zero-order valence-corrected chi connectivity index (χ0v) is 23.9. The summed E-state index contributed by atoms with van der Waals surface area (Å²) in [5.41, 5.74) is 1.50. The Kier molecular flexibility index (Phi) is 7.26. The van der Waals surface area contributed by atoms with E-state index in [1.165, 1.54) is 6.33 Å². The van der Waals surface area contributed by atoms with Crippen LogP contribution < -0.4 is 4.74 Å². The minimum Gasteiger partial charge on any atom is -0.474 e. The summed E-state index contributed by atoms with van der Waals surface area (Å²) in [7, 11) is 0. The number of β-amino-alcohol motifs (C(OH)–C–C–N with tert-alkyl or cyclic N) is 1. The molecule has 4 aromatic rings. The van der Waals surface area contributed by atoms with Gasteiger partial charge in [-0.05, 0) is 43.4 Å². The van der Waals surface area contributed by atoms with E-state index in [-0.39, 0.29) is 18.0 Å². The molecule has 3 aliphatic rings. The molecule has 0 amide bonds. The first-order valence-corrected chi connectivity index (χ1v) is 14.8. The summed E-state index contributed by atoms with van der Waals surface area (Å²) in [5, 5.41) is 24.8. The van der Waals surface area contributed by atoms with Crippen LogP contribution in [0.25, 0.3) is 22.3 Å². The number of fused-ring (bicyclic) bond motifs is 1. The van der Waals surface area contributed by atoms with Crippen LogP contribution in [0, 0.1) is 11.3 Å². The van der Waals surface area contributed by atoms with Gasteiger partial charge < -0.3 is 14.8 Å². The van der Waals surface area contributed by atoms with Crippen molar-refractivity contribution >= 4 is 11.0 Å². The number of aliphatic hydroxyl groups excluding tert-OH is 1. The molecule has 2 saturated heterocycles. The third-order valence-electron chi connectivity index (χ3n) is 9.11. The number of piperidine rings is 1. The fourth-order valence-corrected chi connectivity index (χ4v) is 6.76. The number of rotatable bonds is 8. The van der Waals surface area contributed by atoms with Crippen molar-refractivity contribution < 1.29 is 23.0 Å². The predicted octanol–water partition coefficient (Wildman–Crippen LogP) is 3.73. The SMILES string of the molecule is N#CCC1(n2cc(-c3ncnc4[nH]ccc34)cn2)CC(N2CCC(Oc3cc(CN4CC(O)C4)cc(C(F)(F)F)n3)CC2)C1. The first-order chi connectivity index (χ1) is 21.2. The van der Waals surface area contributed by atoms with Crippen LogP contribution in [0.5, 0.6) is 5.88 Å². The summed E-state index contributed by atoms with van der Waals surface area (Å²) in [6.45, 7) is 2.67. The first-order valence-electron chi connectivity index (χ1n) is 14.8. The van der Waals surface area contributed by atoms with Gasteiger partial charge in [0.05, 0.1) is 36.0 Å². The number of aliphatic hydroxyl groups is 1. The molecule has 2 aliphatic heterocycles. The molecule has 230 valence electrons. The molecular formula is C30H32F3N9O2. The molecule has 0 aromatic carbocycles. The number of nitrogens with zero attached hydrogens (tertiary/aromatic N) is 8. The number of likely N-dealkylation sites (tertiary alicyclic amines) is 2. The van der Waals surface area contributed by atoms with Gasteiger partial charge in [-0.1, -0.05) is 0 Å². The predicted molar refractivity (Wildman–Crippen MR) is 152 cm³/mol. The highest BCUT2D eigenvalue weighted by Crippen LogP contribution is 2.45. The van der Waals surface area contributed by atoms with Crippen molar-refractivity contribution in [1.82, 2.24) is 39.5 Å². The Labute approximate surface area is 251 Å². The second-order valence-corrected chi connectivity index (χ2v) is 12.2. The molecule has 0 spiro atoms. The van der Waals surface area contributed by atoms with Crippen LogP contribution in [-0.2, 0) is 18.3 Å². The molecule has 1 saturated carbocycles. The second kappa shape index (κ2) is 11.1. The fourth-order valence-electron chi connectivity index (χ4n) is 6.76. The van der Waals surface area contributed by atoms with Crippen molar-refractivity contribution in [3.05, 3.63) is 54.4 Å². The Morgan fingerprint density at radius 2 is 1.95 bits per heavy atom. The summed E-state index contributed by atoms with van der Waals surface area (Å²) < 4.78 is 48.6. The van der Waals surface area contributed by atoms with E-state index in [1.807, 2.05) is 28.0 Å². The molecule has 1 aliphatic carbocycles. The Morgan fingerprint density at radius 1 is 1.16 bits per heavy atom. The monoisotopic (exact) mass is 607 g/mol. The highest BCUT2D eigenvalue weighted by atomic mass is 19.4. The number of H-pyrrole nitrogens is 1. The molecule has 0 radical (unpaired) electrons. The number of alkyl halides is 3. The molecule has 11 nitrogen and oxygen atoms in total. The van der Waals surface area contributed by atoms with Crippen LogP contribution in [0.4, 0.5) is 13.2 Å². The molecule has 0 atom stereocenters. The van der Waals surface area contributed by atoms with Crippen molar-refractivity contribution in [3.8, 4) is 23.2 Å². The lowest BCUT2D eigenvalue weighted by molar-refractivity contribution is -0.141. The Hall–Kier alpha value is -4.06. The number of aromatic amines is 1. The van der Waals surface area contributed by atoms with Crippen LogP contribution in [0.15, 0.2) is 43.1 Å². The Balaban J connectivity index is 0.981. The smallest absolute Gasteiger partial charge is 0.433 e. The van der Waals surface area contributed by atoms with Gasteiger partial charge in [0.25, 0.3) is 0 Å². The highest BCUT2D eigenvalue weighted by molar-refractivity contribution is 5.90. The summed E-state index contributed by atoms with van der Waals surface area (Å²) in [5.74, 6) is -0.0129. The average Bonchev–Trinajstić information content (AvgIpc) is 3.64. The molecule has 7 rings (SSSR count). The highest BCUT2D eigenvalue weighted by Gasteiger charge is 2.49. The van der Waals surface area contributed by atoms with Crippen LogP contribution in [0.3, 0.4) is 0 Å². The summed E-state index contributed by atoms with van der Waals surface area (Å²) in [6.07, 6.45) is 5.06. The lowest BCUT2D eigenvalue weighted by Crippen LogP contribution is -2.58. The normalized spacial score (nSPS) is 23.8. The largest absolute Gasteiger partial charge is 0.474 e. The molecular weight excluding hydrogens is 575 g/mol. The molecule has 6 heterocycles. The van der Waals surface area contributed by atoms with E-state index in [4.69, 9.17) is 4.74 Å². The summed E-state index contributed by atoms with van der Waals surface area (Å²) in [4.78, 5) is 19.9. The summed E-state index contributed by atoms with van der Waals surface area (Å²) >= 11 is 0. The van der Waals surface area contributed by atoms with Crippen molar-refractivity contribution in [2.75, 3.05) is 26.2 Å². The minimum absolute atomic E-state index is 0.0129. The van der Waals surface area contributed by atoms with Gasteiger partial charge in [-0.3, -0.25) is 14.5 Å². The van der Waals surface area contributed by atoms with Gasteiger partial charge in [0, 0.05) is 68.2 Å². The van der Waals surface area contributed by atoms with E-state index in [2.05, 4.69) is 36.0 Å². The van der Waals surface area contributed by atoms with Gasteiger partial charge in [0.15, 0.2) is 0 Å². The van der Waals surface area contributed by atoms with Gasteiger partial charge in [-0.25, -0.2) is 15.0 Å². The van der Waals surface area contributed by atoms with Crippen molar-refractivity contribution in [1.29, 1.82) is 5.26 Å². The molecule has 14 heteroatoms.